The minimum Gasteiger partial charge on any atom is -0.395 e. The van der Waals surface area contributed by atoms with Gasteiger partial charge < -0.3 is 15.3 Å². The molecule has 0 aromatic heterocycles. The van der Waals surface area contributed by atoms with Crippen LogP contribution in [-0.2, 0) is 9.59 Å². The summed E-state index contributed by atoms with van der Waals surface area (Å²) in [6.45, 7) is 7.26. The molecule has 2 aliphatic rings. The monoisotopic (exact) mass is 373 g/mol. The lowest BCUT2D eigenvalue weighted by molar-refractivity contribution is -0.140. The van der Waals surface area contributed by atoms with Gasteiger partial charge in [0.2, 0.25) is 11.8 Å². The van der Waals surface area contributed by atoms with E-state index in [-0.39, 0.29) is 23.8 Å². The lowest BCUT2D eigenvalue weighted by Gasteiger charge is -2.48. The number of piperidine rings is 2. The Hall–Kier alpha value is -1.92. The molecule has 1 spiro atoms. The number of hydrogen-bond acceptors (Lipinski definition) is 4. The number of rotatable bonds is 5. The van der Waals surface area contributed by atoms with E-state index in [0.29, 0.717) is 26.1 Å². The number of carbonyl (C=O) groups is 2. The number of likely N-dealkylation sites (tertiary alicyclic amines) is 2. The first-order valence-electron chi connectivity index (χ1n) is 9.89. The quantitative estimate of drug-likeness (QED) is 0.827. The van der Waals surface area contributed by atoms with E-state index in [1.165, 1.54) is 0 Å². The first-order valence-corrected chi connectivity index (χ1v) is 9.89. The molecule has 0 aliphatic carbocycles. The highest BCUT2D eigenvalue weighted by Gasteiger charge is 2.41. The first kappa shape index (κ1) is 19.8. The van der Waals surface area contributed by atoms with Crippen LogP contribution in [0.5, 0.6) is 0 Å². The molecule has 6 nitrogen and oxygen atoms in total. The van der Waals surface area contributed by atoms with Crippen LogP contribution in [0.3, 0.4) is 0 Å². The number of nitrogens with zero attached hydrogens (tertiary/aromatic N) is 2. The lowest BCUT2D eigenvalue weighted by Crippen LogP contribution is -2.55. The van der Waals surface area contributed by atoms with Crippen molar-refractivity contribution in [2.24, 2.45) is 5.41 Å². The molecule has 0 radical (unpaired) electrons. The molecule has 1 aromatic rings. The van der Waals surface area contributed by atoms with Gasteiger partial charge in [-0.05, 0) is 56.8 Å². The van der Waals surface area contributed by atoms with Gasteiger partial charge in [0.1, 0.15) is 0 Å². The zero-order chi connectivity index (χ0) is 19.4. The average Bonchev–Trinajstić information content (AvgIpc) is 2.62. The van der Waals surface area contributed by atoms with E-state index in [1.807, 2.05) is 32.0 Å². The highest BCUT2D eigenvalue weighted by Crippen LogP contribution is 2.38. The third-order valence-corrected chi connectivity index (χ3v) is 5.89. The van der Waals surface area contributed by atoms with E-state index in [2.05, 4.69) is 10.2 Å². The lowest BCUT2D eigenvalue weighted by atomic mass is 9.73. The summed E-state index contributed by atoms with van der Waals surface area (Å²) in [5, 5.41) is 12.3. The van der Waals surface area contributed by atoms with Gasteiger partial charge in [0.25, 0.3) is 0 Å². The van der Waals surface area contributed by atoms with E-state index in [0.717, 1.165) is 49.2 Å². The van der Waals surface area contributed by atoms with Crippen molar-refractivity contribution in [2.75, 3.05) is 44.6 Å². The molecule has 2 fully saturated rings. The summed E-state index contributed by atoms with van der Waals surface area (Å²) >= 11 is 0. The van der Waals surface area contributed by atoms with Gasteiger partial charge in [0.15, 0.2) is 0 Å². The predicted octanol–water partition coefficient (Wildman–Crippen LogP) is 1.94. The van der Waals surface area contributed by atoms with E-state index >= 15 is 0 Å². The summed E-state index contributed by atoms with van der Waals surface area (Å²) in [4.78, 5) is 28.7. The Morgan fingerprint density at radius 2 is 2.07 bits per heavy atom. The van der Waals surface area contributed by atoms with Gasteiger partial charge >= 0.3 is 0 Å². The van der Waals surface area contributed by atoms with Crippen LogP contribution in [0.25, 0.3) is 0 Å². The average molecular weight is 373 g/mol. The number of carbonyl (C=O) groups excluding carboxylic acids is 2. The molecule has 6 heteroatoms. The Balaban J connectivity index is 1.60. The normalized spacial score (nSPS) is 23.7. The third-order valence-electron chi connectivity index (χ3n) is 5.89. The van der Waals surface area contributed by atoms with Gasteiger partial charge in [-0.25, -0.2) is 0 Å². The zero-order valence-corrected chi connectivity index (χ0v) is 16.5. The van der Waals surface area contributed by atoms with Crippen molar-refractivity contribution in [2.45, 2.75) is 39.5 Å². The Morgan fingerprint density at radius 3 is 2.85 bits per heavy atom. The molecule has 2 heterocycles. The SMILES string of the molecule is Cc1ccc(C)c(NC(=O)CN2CCC[C@]3(CCC(=O)N(CCO)C3)C2)c1. The van der Waals surface area contributed by atoms with Gasteiger partial charge in [0.05, 0.1) is 13.2 Å². The molecule has 2 amide bonds. The molecular formula is C21H31N3O3. The predicted molar refractivity (Wildman–Crippen MR) is 106 cm³/mol. The number of aliphatic hydroxyl groups is 1. The molecule has 1 atom stereocenters. The van der Waals surface area contributed by atoms with Crippen molar-refractivity contribution in [3.8, 4) is 0 Å². The minimum absolute atomic E-state index is 0.00375. The van der Waals surface area contributed by atoms with Crippen molar-refractivity contribution in [1.82, 2.24) is 9.80 Å². The van der Waals surface area contributed by atoms with E-state index < -0.39 is 0 Å². The number of hydrogen-bond donors (Lipinski definition) is 2. The Kier molecular flexibility index (Phi) is 6.17. The zero-order valence-electron chi connectivity index (χ0n) is 16.5. The van der Waals surface area contributed by atoms with E-state index in [1.54, 1.807) is 4.90 Å². The van der Waals surface area contributed by atoms with Crippen LogP contribution in [-0.4, -0.2) is 66.1 Å². The Labute approximate surface area is 161 Å². The second kappa shape index (κ2) is 8.40. The second-order valence-electron chi connectivity index (χ2n) is 8.22. The summed E-state index contributed by atoms with van der Waals surface area (Å²) in [6.07, 6.45) is 3.54. The summed E-state index contributed by atoms with van der Waals surface area (Å²) in [5.74, 6) is 0.152. The minimum atomic E-state index is 0.00375. The standard InChI is InChI=1S/C21H31N3O3/c1-16-4-5-17(2)18(12-16)22-19(26)13-23-9-3-7-21(14-23)8-6-20(27)24(15-21)10-11-25/h4-5,12,25H,3,6-11,13-15H2,1-2H3,(H,22,26)/t21-/m0/s1. The van der Waals surface area contributed by atoms with E-state index in [9.17, 15) is 14.7 Å². The molecule has 27 heavy (non-hydrogen) atoms. The molecule has 2 aliphatic heterocycles. The molecule has 0 unspecified atom stereocenters. The maximum Gasteiger partial charge on any atom is 0.238 e. The third kappa shape index (κ3) is 4.87. The number of aliphatic hydroxyl groups excluding tert-OH is 1. The fourth-order valence-electron chi connectivity index (χ4n) is 4.47. The Morgan fingerprint density at radius 1 is 1.26 bits per heavy atom. The number of β-amino-alcohol motifs (C(OH)–C–C–N with tert-alkyl or cyclic N) is 1. The van der Waals surface area contributed by atoms with Crippen molar-refractivity contribution in [1.29, 1.82) is 0 Å². The van der Waals surface area contributed by atoms with Gasteiger partial charge in [-0.15, -0.1) is 0 Å². The van der Waals surface area contributed by atoms with Crippen LogP contribution in [0.1, 0.15) is 36.8 Å². The summed E-state index contributed by atoms with van der Waals surface area (Å²) < 4.78 is 0. The van der Waals surface area contributed by atoms with Crippen LogP contribution in [0.2, 0.25) is 0 Å². The van der Waals surface area contributed by atoms with Gasteiger partial charge in [-0.2, -0.15) is 0 Å². The molecule has 1 aromatic carbocycles. The maximum atomic E-state index is 12.6. The number of amides is 2. The molecular weight excluding hydrogens is 342 g/mol. The molecule has 2 N–H and O–H groups in total. The van der Waals surface area contributed by atoms with Crippen LogP contribution in [0.4, 0.5) is 5.69 Å². The highest BCUT2D eigenvalue weighted by molar-refractivity contribution is 5.93. The second-order valence-corrected chi connectivity index (χ2v) is 8.22. The fourth-order valence-corrected chi connectivity index (χ4v) is 4.47. The number of anilines is 1. The van der Waals surface area contributed by atoms with Gasteiger partial charge in [0, 0.05) is 37.2 Å². The molecule has 0 bridgehead atoms. The van der Waals surface area contributed by atoms with Crippen LogP contribution in [0, 0.1) is 19.3 Å². The Bertz CT molecular complexity index is 706. The van der Waals surface area contributed by atoms with Crippen molar-refractivity contribution in [3.63, 3.8) is 0 Å². The number of benzene rings is 1. The van der Waals surface area contributed by atoms with Crippen LogP contribution < -0.4 is 5.32 Å². The van der Waals surface area contributed by atoms with Crippen LogP contribution in [0.15, 0.2) is 18.2 Å². The molecule has 2 saturated heterocycles. The molecule has 3 rings (SSSR count). The van der Waals surface area contributed by atoms with Crippen molar-refractivity contribution < 1.29 is 14.7 Å². The van der Waals surface area contributed by atoms with Crippen molar-refractivity contribution in [3.05, 3.63) is 29.3 Å². The first-order chi connectivity index (χ1) is 12.9. The molecule has 0 saturated carbocycles. The smallest absolute Gasteiger partial charge is 0.238 e. The largest absolute Gasteiger partial charge is 0.395 e. The highest BCUT2D eigenvalue weighted by atomic mass is 16.3. The fraction of sp³-hybridized carbons (Fsp3) is 0.619. The summed E-state index contributed by atoms with van der Waals surface area (Å²) in [5.41, 5.74) is 3.13. The summed E-state index contributed by atoms with van der Waals surface area (Å²) in [7, 11) is 0. The van der Waals surface area contributed by atoms with Gasteiger partial charge in [-0.3, -0.25) is 14.5 Å². The number of aryl methyl sites for hydroxylation is 2. The maximum absolute atomic E-state index is 12.6. The van der Waals surface area contributed by atoms with E-state index in [4.69, 9.17) is 0 Å². The topological polar surface area (TPSA) is 72.9 Å². The van der Waals surface area contributed by atoms with Crippen molar-refractivity contribution >= 4 is 17.5 Å². The number of nitrogens with one attached hydrogen (secondary N) is 1. The van der Waals surface area contributed by atoms with Gasteiger partial charge in [-0.1, -0.05) is 12.1 Å². The van der Waals surface area contributed by atoms with Crippen LogP contribution >= 0.6 is 0 Å². The molecule has 148 valence electrons. The summed E-state index contributed by atoms with van der Waals surface area (Å²) in [6, 6.07) is 6.07.